The molecule has 0 fully saturated rings. The summed E-state index contributed by atoms with van der Waals surface area (Å²) < 4.78 is 40.4. The molecule has 0 aromatic heterocycles. The third-order valence-corrected chi connectivity index (χ3v) is 3.09. The van der Waals surface area contributed by atoms with Crippen LogP contribution in [0.5, 0.6) is 0 Å². The third-order valence-electron chi connectivity index (χ3n) is 3.09. The Morgan fingerprint density at radius 2 is 1.81 bits per heavy atom. The van der Waals surface area contributed by atoms with Crippen LogP contribution in [0.2, 0.25) is 0 Å². The lowest BCUT2D eigenvalue weighted by atomic mass is 9.97. The quantitative estimate of drug-likeness (QED) is 0.656. The highest BCUT2D eigenvalue weighted by atomic mass is 19.2. The molecular weight excluding hydrogens is 281 g/mol. The predicted molar refractivity (Wildman–Crippen MR) is 75.2 cm³/mol. The van der Waals surface area contributed by atoms with E-state index in [1.807, 2.05) is 0 Å². The third kappa shape index (κ3) is 2.69. The highest BCUT2D eigenvalue weighted by molar-refractivity contribution is 5.99. The van der Waals surface area contributed by atoms with E-state index in [1.165, 1.54) is 13.8 Å². The van der Waals surface area contributed by atoms with Gasteiger partial charge >= 0.3 is 0 Å². The normalized spacial score (nSPS) is 10.5. The Morgan fingerprint density at radius 1 is 1.14 bits per heavy atom. The van der Waals surface area contributed by atoms with Crippen LogP contribution in [0.1, 0.15) is 12.5 Å². The minimum absolute atomic E-state index is 0.0638. The Hall–Kier alpha value is -2.50. The minimum Gasteiger partial charge on any atom is -0.397 e. The van der Waals surface area contributed by atoms with Crippen molar-refractivity contribution in [2.75, 3.05) is 11.1 Å². The van der Waals surface area contributed by atoms with Crippen molar-refractivity contribution in [3.05, 3.63) is 47.3 Å². The van der Waals surface area contributed by atoms with Gasteiger partial charge in [-0.05, 0) is 30.2 Å². The molecule has 2 aromatic carbocycles. The van der Waals surface area contributed by atoms with E-state index >= 15 is 0 Å². The van der Waals surface area contributed by atoms with E-state index < -0.39 is 17.5 Å². The molecule has 21 heavy (non-hydrogen) atoms. The fourth-order valence-electron chi connectivity index (χ4n) is 2.08. The molecule has 6 heteroatoms. The fraction of sp³-hybridized carbons (Fsp3) is 0.133. The summed E-state index contributed by atoms with van der Waals surface area (Å²) in [5.74, 6) is -4.47. The number of halogens is 3. The van der Waals surface area contributed by atoms with Gasteiger partial charge in [0, 0.05) is 12.5 Å². The van der Waals surface area contributed by atoms with Crippen molar-refractivity contribution >= 4 is 17.3 Å². The molecule has 3 N–H and O–H groups in total. The Balaban J connectivity index is 2.73. The number of benzene rings is 2. The van der Waals surface area contributed by atoms with Crippen LogP contribution in [0, 0.1) is 24.4 Å². The average molecular weight is 294 g/mol. The maximum absolute atomic E-state index is 13.7. The molecule has 2 rings (SSSR count). The van der Waals surface area contributed by atoms with Crippen LogP contribution in [-0.4, -0.2) is 5.91 Å². The number of hydrogen-bond acceptors (Lipinski definition) is 2. The molecule has 0 bridgehead atoms. The summed E-state index contributed by atoms with van der Waals surface area (Å²) in [6.45, 7) is 2.61. The number of anilines is 2. The number of nitrogen functional groups attached to an aromatic ring is 1. The maximum atomic E-state index is 13.7. The highest BCUT2D eigenvalue weighted by Crippen LogP contribution is 2.36. The Bertz CT molecular complexity index is 729. The van der Waals surface area contributed by atoms with Crippen LogP contribution in [0.4, 0.5) is 24.5 Å². The number of carbonyl (C=O) groups is 1. The van der Waals surface area contributed by atoms with E-state index in [-0.39, 0.29) is 28.4 Å². The SMILES string of the molecule is CC(=O)Nc1c(N)cccc1-c1cc(F)c(F)c(F)c1C. The monoisotopic (exact) mass is 294 g/mol. The first-order valence-corrected chi connectivity index (χ1v) is 6.13. The number of amides is 1. The second kappa shape index (κ2) is 5.47. The van der Waals surface area contributed by atoms with E-state index in [9.17, 15) is 18.0 Å². The minimum atomic E-state index is -1.53. The number of para-hydroxylation sites is 1. The topological polar surface area (TPSA) is 55.1 Å². The molecule has 0 unspecified atom stereocenters. The second-order valence-corrected chi connectivity index (χ2v) is 4.61. The van der Waals surface area contributed by atoms with Crippen LogP contribution in [0.25, 0.3) is 11.1 Å². The summed E-state index contributed by atoms with van der Waals surface area (Å²) >= 11 is 0. The molecule has 0 atom stereocenters. The standard InChI is InChI=1S/C15H13F3N2O/c1-7-10(6-11(16)14(18)13(7)17)9-4-3-5-12(19)15(9)20-8(2)21/h3-6H,19H2,1-2H3,(H,20,21). The van der Waals surface area contributed by atoms with Crippen molar-refractivity contribution in [1.29, 1.82) is 0 Å². The van der Waals surface area contributed by atoms with E-state index in [1.54, 1.807) is 18.2 Å². The number of nitrogens with two attached hydrogens (primary N) is 1. The van der Waals surface area contributed by atoms with Crippen LogP contribution >= 0.6 is 0 Å². The molecular formula is C15H13F3N2O. The Kier molecular flexibility index (Phi) is 3.88. The summed E-state index contributed by atoms with van der Waals surface area (Å²) in [6.07, 6.45) is 0. The lowest BCUT2D eigenvalue weighted by Crippen LogP contribution is -2.10. The Morgan fingerprint density at radius 3 is 2.43 bits per heavy atom. The summed E-state index contributed by atoms with van der Waals surface area (Å²) in [6, 6.07) is 5.55. The number of rotatable bonds is 2. The van der Waals surface area contributed by atoms with Gasteiger partial charge < -0.3 is 11.1 Å². The zero-order chi connectivity index (χ0) is 15.7. The second-order valence-electron chi connectivity index (χ2n) is 4.61. The fourth-order valence-corrected chi connectivity index (χ4v) is 2.08. The van der Waals surface area contributed by atoms with Crippen molar-refractivity contribution in [2.24, 2.45) is 0 Å². The Labute approximate surface area is 119 Å². The van der Waals surface area contributed by atoms with Crippen LogP contribution < -0.4 is 11.1 Å². The van der Waals surface area contributed by atoms with Crippen molar-refractivity contribution in [3.63, 3.8) is 0 Å². The van der Waals surface area contributed by atoms with Crippen LogP contribution in [0.15, 0.2) is 24.3 Å². The maximum Gasteiger partial charge on any atom is 0.221 e. The number of carbonyl (C=O) groups excluding carboxylic acids is 1. The molecule has 0 heterocycles. The lowest BCUT2D eigenvalue weighted by molar-refractivity contribution is -0.114. The molecule has 0 aliphatic heterocycles. The van der Waals surface area contributed by atoms with Crippen LogP contribution in [0.3, 0.4) is 0 Å². The lowest BCUT2D eigenvalue weighted by Gasteiger charge is -2.15. The van der Waals surface area contributed by atoms with Gasteiger partial charge in [0.05, 0.1) is 11.4 Å². The van der Waals surface area contributed by atoms with Gasteiger partial charge in [-0.1, -0.05) is 12.1 Å². The molecule has 0 aliphatic carbocycles. The molecule has 0 saturated heterocycles. The average Bonchev–Trinajstić information content (AvgIpc) is 2.42. The van der Waals surface area contributed by atoms with Gasteiger partial charge in [-0.25, -0.2) is 13.2 Å². The van der Waals surface area contributed by atoms with Gasteiger partial charge in [-0.15, -0.1) is 0 Å². The zero-order valence-corrected chi connectivity index (χ0v) is 11.4. The van der Waals surface area contributed by atoms with Crippen LogP contribution in [-0.2, 0) is 4.79 Å². The number of hydrogen-bond donors (Lipinski definition) is 2. The summed E-state index contributed by atoms with van der Waals surface area (Å²) in [7, 11) is 0. The molecule has 2 aromatic rings. The zero-order valence-electron chi connectivity index (χ0n) is 11.4. The van der Waals surface area contributed by atoms with Crippen molar-refractivity contribution < 1.29 is 18.0 Å². The van der Waals surface area contributed by atoms with E-state index in [4.69, 9.17) is 5.73 Å². The number of nitrogens with one attached hydrogen (secondary N) is 1. The van der Waals surface area contributed by atoms with Gasteiger partial charge in [0.1, 0.15) is 0 Å². The van der Waals surface area contributed by atoms with Gasteiger partial charge in [-0.2, -0.15) is 0 Å². The van der Waals surface area contributed by atoms with Gasteiger partial charge in [0.15, 0.2) is 17.5 Å². The molecule has 0 aliphatic rings. The molecule has 0 radical (unpaired) electrons. The summed E-state index contributed by atoms with van der Waals surface area (Å²) in [5, 5.41) is 2.52. The molecule has 3 nitrogen and oxygen atoms in total. The van der Waals surface area contributed by atoms with E-state index in [0.29, 0.717) is 5.56 Å². The van der Waals surface area contributed by atoms with Gasteiger partial charge in [0.2, 0.25) is 5.91 Å². The summed E-state index contributed by atoms with van der Waals surface area (Å²) in [4.78, 5) is 11.2. The first-order chi connectivity index (χ1) is 9.82. The highest BCUT2D eigenvalue weighted by Gasteiger charge is 2.19. The van der Waals surface area contributed by atoms with Crippen molar-refractivity contribution in [1.82, 2.24) is 0 Å². The largest absolute Gasteiger partial charge is 0.397 e. The van der Waals surface area contributed by atoms with Gasteiger partial charge in [0.25, 0.3) is 0 Å². The smallest absolute Gasteiger partial charge is 0.221 e. The van der Waals surface area contributed by atoms with E-state index in [0.717, 1.165) is 6.07 Å². The van der Waals surface area contributed by atoms with Gasteiger partial charge in [-0.3, -0.25) is 4.79 Å². The molecule has 1 amide bonds. The molecule has 110 valence electrons. The first kappa shape index (κ1) is 14.9. The van der Waals surface area contributed by atoms with Crippen molar-refractivity contribution in [2.45, 2.75) is 13.8 Å². The summed E-state index contributed by atoms with van der Waals surface area (Å²) in [5.41, 5.74) is 6.65. The molecule has 0 spiro atoms. The van der Waals surface area contributed by atoms with Crippen molar-refractivity contribution in [3.8, 4) is 11.1 Å². The van der Waals surface area contributed by atoms with E-state index in [2.05, 4.69) is 5.32 Å². The first-order valence-electron chi connectivity index (χ1n) is 6.13. The predicted octanol–water partition coefficient (Wildman–Crippen LogP) is 3.62. The molecule has 0 saturated carbocycles.